The van der Waals surface area contributed by atoms with E-state index < -0.39 is 11.8 Å². The van der Waals surface area contributed by atoms with Gasteiger partial charge >= 0.3 is 6.16 Å². The first-order valence-electron chi connectivity index (χ1n) is 6.21. The second-order valence-corrected chi connectivity index (χ2v) is 6.04. The zero-order valence-corrected chi connectivity index (χ0v) is 10.9. The summed E-state index contributed by atoms with van der Waals surface area (Å²) in [5.41, 5.74) is -0.0866. The maximum absolute atomic E-state index is 10.7. The first-order chi connectivity index (χ1) is 7.29. The zero-order chi connectivity index (χ0) is 12.4. The van der Waals surface area contributed by atoms with E-state index in [4.69, 9.17) is 9.84 Å². The monoisotopic (exact) mass is 228 g/mol. The minimum atomic E-state index is -1.13. The molecule has 1 N–H and O–H groups in total. The van der Waals surface area contributed by atoms with E-state index in [1.54, 1.807) is 0 Å². The van der Waals surface area contributed by atoms with Crippen molar-refractivity contribution in [2.75, 3.05) is 0 Å². The largest absolute Gasteiger partial charge is 0.506 e. The van der Waals surface area contributed by atoms with Crippen LogP contribution in [0.25, 0.3) is 0 Å². The second kappa shape index (κ2) is 4.64. The number of carboxylic acid groups (broad SMARTS) is 1. The molecule has 0 bridgehead atoms. The molecular formula is C13H24O3. The third-order valence-electron chi connectivity index (χ3n) is 4.07. The summed E-state index contributed by atoms with van der Waals surface area (Å²) >= 11 is 0. The Bertz CT molecular complexity index is 244. The molecule has 16 heavy (non-hydrogen) atoms. The Morgan fingerprint density at radius 2 is 1.88 bits per heavy atom. The molecule has 1 aliphatic rings. The average Bonchev–Trinajstić information content (AvgIpc) is 2.16. The van der Waals surface area contributed by atoms with Crippen LogP contribution in [0.4, 0.5) is 4.79 Å². The van der Waals surface area contributed by atoms with E-state index in [1.165, 1.54) is 0 Å². The van der Waals surface area contributed by atoms with Crippen LogP contribution < -0.4 is 0 Å². The summed E-state index contributed by atoms with van der Waals surface area (Å²) in [6.07, 6.45) is 3.55. The van der Waals surface area contributed by atoms with Gasteiger partial charge in [-0.15, -0.1) is 0 Å². The Morgan fingerprint density at radius 3 is 2.19 bits per heavy atom. The van der Waals surface area contributed by atoms with Gasteiger partial charge in [0.2, 0.25) is 0 Å². The van der Waals surface area contributed by atoms with Gasteiger partial charge in [-0.05, 0) is 43.4 Å². The topological polar surface area (TPSA) is 46.5 Å². The Morgan fingerprint density at radius 1 is 1.38 bits per heavy atom. The fourth-order valence-corrected chi connectivity index (χ4v) is 2.72. The molecule has 1 saturated carbocycles. The second-order valence-electron chi connectivity index (χ2n) is 6.04. The van der Waals surface area contributed by atoms with Crippen LogP contribution in [-0.2, 0) is 4.74 Å². The summed E-state index contributed by atoms with van der Waals surface area (Å²) in [4.78, 5) is 10.7. The minimum absolute atomic E-state index is 0.323. The quantitative estimate of drug-likeness (QED) is 0.725. The smallest absolute Gasteiger partial charge is 0.450 e. The van der Waals surface area contributed by atoms with E-state index in [0.29, 0.717) is 11.3 Å². The van der Waals surface area contributed by atoms with Crippen molar-refractivity contribution in [1.29, 1.82) is 0 Å². The Kier molecular flexibility index (Phi) is 3.87. The number of ether oxygens (including phenoxy) is 1. The molecule has 0 unspecified atom stereocenters. The SMILES string of the molecule is CCC1(OC(=O)O)CCC(C(C)(C)C)CC1. The molecule has 0 amide bonds. The molecule has 1 fully saturated rings. The number of rotatable bonds is 2. The fraction of sp³-hybridized carbons (Fsp3) is 0.923. The molecule has 94 valence electrons. The molecule has 0 heterocycles. The first kappa shape index (κ1) is 13.3. The Balaban J connectivity index is 2.60. The van der Waals surface area contributed by atoms with Gasteiger partial charge in [0, 0.05) is 0 Å². The van der Waals surface area contributed by atoms with Gasteiger partial charge in [0.05, 0.1) is 0 Å². The molecule has 0 aliphatic heterocycles. The van der Waals surface area contributed by atoms with Crippen molar-refractivity contribution in [2.45, 2.75) is 65.4 Å². The molecule has 0 saturated heterocycles. The molecule has 0 aromatic heterocycles. The van der Waals surface area contributed by atoms with Crippen molar-refractivity contribution >= 4 is 6.16 Å². The lowest BCUT2D eigenvalue weighted by Crippen LogP contribution is -2.40. The lowest BCUT2D eigenvalue weighted by Gasteiger charge is -2.42. The lowest BCUT2D eigenvalue weighted by atomic mass is 9.68. The predicted octanol–water partition coefficient (Wildman–Crippen LogP) is 4.07. The van der Waals surface area contributed by atoms with Gasteiger partial charge in [-0.25, -0.2) is 4.79 Å². The van der Waals surface area contributed by atoms with E-state index in [0.717, 1.165) is 32.1 Å². The summed E-state index contributed by atoms with van der Waals surface area (Å²) in [5, 5.41) is 8.77. The van der Waals surface area contributed by atoms with E-state index >= 15 is 0 Å². The number of hydrogen-bond donors (Lipinski definition) is 1. The van der Waals surface area contributed by atoms with Gasteiger partial charge in [-0.2, -0.15) is 0 Å². The first-order valence-corrected chi connectivity index (χ1v) is 6.21. The van der Waals surface area contributed by atoms with Crippen LogP contribution in [0, 0.1) is 11.3 Å². The van der Waals surface area contributed by atoms with Crippen LogP contribution in [0.15, 0.2) is 0 Å². The number of carbonyl (C=O) groups is 1. The van der Waals surface area contributed by atoms with Crippen LogP contribution >= 0.6 is 0 Å². The van der Waals surface area contributed by atoms with E-state index in [9.17, 15) is 4.79 Å². The summed E-state index contributed by atoms with van der Waals surface area (Å²) in [7, 11) is 0. The number of hydrogen-bond acceptors (Lipinski definition) is 2. The summed E-state index contributed by atoms with van der Waals surface area (Å²) < 4.78 is 5.11. The van der Waals surface area contributed by atoms with Crippen LogP contribution in [0.3, 0.4) is 0 Å². The van der Waals surface area contributed by atoms with Gasteiger partial charge in [-0.3, -0.25) is 0 Å². The Labute approximate surface area is 98.2 Å². The summed E-state index contributed by atoms with van der Waals surface area (Å²) in [6.45, 7) is 8.79. The van der Waals surface area contributed by atoms with Crippen LogP contribution in [0.5, 0.6) is 0 Å². The van der Waals surface area contributed by atoms with Gasteiger partial charge in [0.15, 0.2) is 0 Å². The lowest BCUT2D eigenvalue weighted by molar-refractivity contribution is -0.0606. The van der Waals surface area contributed by atoms with E-state index in [1.807, 2.05) is 6.92 Å². The third kappa shape index (κ3) is 3.13. The van der Waals surface area contributed by atoms with Crippen molar-refractivity contribution in [3.05, 3.63) is 0 Å². The molecule has 3 heteroatoms. The van der Waals surface area contributed by atoms with Crippen molar-refractivity contribution in [2.24, 2.45) is 11.3 Å². The van der Waals surface area contributed by atoms with E-state index in [2.05, 4.69) is 20.8 Å². The molecule has 1 rings (SSSR count). The molecular weight excluding hydrogens is 204 g/mol. The van der Waals surface area contributed by atoms with Gasteiger partial charge in [-0.1, -0.05) is 27.7 Å². The molecule has 0 atom stereocenters. The maximum atomic E-state index is 10.7. The van der Waals surface area contributed by atoms with Gasteiger partial charge in [0.25, 0.3) is 0 Å². The van der Waals surface area contributed by atoms with Crippen molar-refractivity contribution in [3.8, 4) is 0 Å². The average molecular weight is 228 g/mol. The molecule has 1 aliphatic carbocycles. The highest BCUT2D eigenvalue weighted by molar-refractivity contribution is 5.57. The molecule has 0 aromatic rings. The molecule has 0 aromatic carbocycles. The van der Waals surface area contributed by atoms with Crippen LogP contribution in [-0.4, -0.2) is 16.9 Å². The normalized spacial score (nSPS) is 31.1. The summed E-state index contributed by atoms with van der Waals surface area (Å²) in [6, 6.07) is 0. The zero-order valence-electron chi connectivity index (χ0n) is 10.9. The Hall–Kier alpha value is -0.730. The molecule has 3 nitrogen and oxygen atoms in total. The predicted molar refractivity (Wildman–Crippen MR) is 63.5 cm³/mol. The highest BCUT2D eigenvalue weighted by Gasteiger charge is 2.40. The maximum Gasteiger partial charge on any atom is 0.506 e. The van der Waals surface area contributed by atoms with Gasteiger partial charge < -0.3 is 9.84 Å². The van der Waals surface area contributed by atoms with Crippen molar-refractivity contribution in [1.82, 2.24) is 0 Å². The minimum Gasteiger partial charge on any atom is -0.450 e. The summed E-state index contributed by atoms with van der Waals surface area (Å²) in [5.74, 6) is 0.685. The third-order valence-corrected chi connectivity index (χ3v) is 4.07. The van der Waals surface area contributed by atoms with Crippen LogP contribution in [0.2, 0.25) is 0 Å². The fourth-order valence-electron chi connectivity index (χ4n) is 2.72. The highest BCUT2D eigenvalue weighted by atomic mass is 16.7. The van der Waals surface area contributed by atoms with Crippen molar-refractivity contribution in [3.63, 3.8) is 0 Å². The highest BCUT2D eigenvalue weighted by Crippen LogP contribution is 2.44. The molecule has 0 spiro atoms. The standard InChI is InChI=1S/C13H24O3/c1-5-13(16-11(14)15)8-6-10(7-9-13)12(2,3)4/h10H,5-9H2,1-4H3,(H,14,15). The van der Waals surface area contributed by atoms with E-state index in [-0.39, 0.29) is 0 Å². The van der Waals surface area contributed by atoms with Crippen LogP contribution in [0.1, 0.15) is 59.8 Å². The van der Waals surface area contributed by atoms with Crippen molar-refractivity contribution < 1.29 is 14.6 Å². The molecule has 0 radical (unpaired) electrons. The van der Waals surface area contributed by atoms with Gasteiger partial charge in [0.1, 0.15) is 5.60 Å².